The number of nitrogens with two attached hydrogens (primary N) is 1. The highest BCUT2D eigenvalue weighted by atomic mass is 79.9. The van der Waals surface area contributed by atoms with Crippen molar-refractivity contribution in [3.63, 3.8) is 0 Å². The summed E-state index contributed by atoms with van der Waals surface area (Å²) in [6, 6.07) is 8.60. The van der Waals surface area contributed by atoms with Gasteiger partial charge in [0.2, 0.25) is 0 Å². The average Bonchev–Trinajstić information content (AvgIpc) is 2.56. The zero-order valence-corrected chi connectivity index (χ0v) is 12.0. The summed E-state index contributed by atoms with van der Waals surface area (Å²) in [6.45, 7) is 7.18. The van der Waals surface area contributed by atoms with Crippen LogP contribution >= 0.6 is 15.9 Å². The van der Waals surface area contributed by atoms with Crippen LogP contribution in [0.4, 0.5) is 0 Å². The highest BCUT2D eigenvalue weighted by Gasteiger charge is 2.41. The van der Waals surface area contributed by atoms with Crippen LogP contribution in [0.5, 0.6) is 0 Å². The van der Waals surface area contributed by atoms with E-state index < -0.39 is 0 Å². The highest BCUT2D eigenvalue weighted by molar-refractivity contribution is 9.10. The summed E-state index contributed by atoms with van der Waals surface area (Å²) < 4.78 is 1.11. The van der Waals surface area contributed by atoms with Crippen LogP contribution in [0.2, 0.25) is 0 Å². The molecular formula is C13H18BrN3. The minimum atomic E-state index is -0.154. The molecule has 0 spiro atoms. The Morgan fingerprint density at radius 2 is 2.06 bits per heavy atom. The molecule has 0 amide bonds. The molecule has 0 aliphatic carbocycles. The first kappa shape index (κ1) is 12.4. The Morgan fingerprint density at radius 3 is 2.65 bits per heavy atom. The molecule has 1 atom stereocenters. The molecule has 0 saturated carbocycles. The summed E-state index contributed by atoms with van der Waals surface area (Å²) in [5, 5.41) is 0. The van der Waals surface area contributed by atoms with Gasteiger partial charge in [0.05, 0.1) is 12.1 Å². The number of aliphatic imine (C=N–C) groups is 1. The van der Waals surface area contributed by atoms with Crippen LogP contribution in [-0.4, -0.2) is 23.4 Å². The third-order valence-corrected chi connectivity index (χ3v) is 3.99. The fourth-order valence-electron chi connectivity index (χ4n) is 2.59. The molecule has 17 heavy (non-hydrogen) atoms. The first-order valence-electron chi connectivity index (χ1n) is 5.81. The van der Waals surface area contributed by atoms with Crippen molar-refractivity contribution in [1.82, 2.24) is 4.90 Å². The van der Waals surface area contributed by atoms with Crippen molar-refractivity contribution in [2.24, 2.45) is 10.7 Å². The van der Waals surface area contributed by atoms with E-state index in [1.54, 1.807) is 0 Å². The predicted molar refractivity (Wildman–Crippen MR) is 75.0 cm³/mol. The Kier molecular flexibility index (Phi) is 3.17. The Morgan fingerprint density at radius 1 is 1.41 bits per heavy atom. The van der Waals surface area contributed by atoms with Gasteiger partial charge in [0.25, 0.3) is 0 Å². The third kappa shape index (κ3) is 1.95. The SMILES string of the molecule is CC(C)N1C(N)=NCC1(C)c1ccccc1Br. The summed E-state index contributed by atoms with van der Waals surface area (Å²) in [5.41, 5.74) is 7.08. The molecule has 1 aliphatic heterocycles. The average molecular weight is 296 g/mol. The minimum Gasteiger partial charge on any atom is -0.370 e. The van der Waals surface area contributed by atoms with Crippen LogP contribution in [0.1, 0.15) is 26.3 Å². The van der Waals surface area contributed by atoms with Gasteiger partial charge in [-0.1, -0.05) is 34.1 Å². The van der Waals surface area contributed by atoms with Gasteiger partial charge in [0.15, 0.2) is 5.96 Å². The molecule has 1 unspecified atom stereocenters. The first-order valence-corrected chi connectivity index (χ1v) is 6.60. The minimum absolute atomic E-state index is 0.154. The predicted octanol–water partition coefficient (Wildman–Crippen LogP) is 2.70. The number of nitrogens with zero attached hydrogens (tertiary/aromatic N) is 2. The van der Waals surface area contributed by atoms with Gasteiger partial charge >= 0.3 is 0 Å². The molecule has 4 heteroatoms. The van der Waals surface area contributed by atoms with Crippen molar-refractivity contribution in [2.45, 2.75) is 32.4 Å². The number of rotatable bonds is 2. The van der Waals surface area contributed by atoms with E-state index in [0.717, 1.165) is 4.47 Å². The van der Waals surface area contributed by atoms with Crippen LogP contribution in [0.3, 0.4) is 0 Å². The maximum absolute atomic E-state index is 6.00. The number of benzene rings is 1. The molecule has 0 fully saturated rings. The van der Waals surface area contributed by atoms with Crippen molar-refractivity contribution in [2.75, 3.05) is 6.54 Å². The van der Waals surface area contributed by atoms with E-state index in [-0.39, 0.29) is 5.54 Å². The van der Waals surface area contributed by atoms with E-state index in [1.165, 1.54) is 5.56 Å². The number of halogens is 1. The number of guanidine groups is 1. The van der Waals surface area contributed by atoms with E-state index in [4.69, 9.17) is 5.73 Å². The van der Waals surface area contributed by atoms with Crippen LogP contribution < -0.4 is 5.73 Å². The van der Waals surface area contributed by atoms with Crippen molar-refractivity contribution < 1.29 is 0 Å². The molecule has 1 aromatic carbocycles. The summed E-state index contributed by atoms with van der Waals surface area (Å²) in [5.74, 6) is 0.637. The Hall–Kier alpha value is -1.03. The van der Waals surface area contributed by atoms with Gasteiger partial charge in [0.1, 0.15) is 0 Å². The molecule has 0 radical (unpaired) electrons. The maximum Gasteiger partial charge on any atom is 0.192 e. The van der Waals surface area contributed by atoms with Crippen molar-refractivity contribution in [3.8, 4) is 0 Å². The van der Waals surface area contributed by atoms with Crippen LogP contribution in [0.15, 0.2) is 33.7 Å². The molecule has 2 N–H and O–H groups in total. The largest absolute Gasteiger partial charge is 0.370 e. The third-order valence-electron chi connectivity index (χ3n) is 3.30. The van der Waals surface area contributed by atoms with Gasteiger partial charge < -0.3 is 10.6 Å². The fraction of sp³-hybridized carbons (Fsp3) is 0.462. The number of hydrogen-bond donors (Lipinski definition) is 1. The molecule has 1 heterocycles. The monoisotopic (exact) mass is 295 g/mol. The highest BCUT2D eigenvalue weighted by Crippen LogP contribution is 2.37. The molecule has 92 valence electrons. The lowest BCUT2D eigenvalue weighted by Gasteiger charge is -2.40. The quantitative estimate of drug-likeness (QED) is 0.911. The fourth-order valence-corrected chi connectivity index (χ4v) is 3.30. The molecule has 2 rings (SSSR count). The molecular weight excluding hydrogens is 278 g/mol. The van der Waals surface area contributed by atoms with Gasteiger partial charge in [-0.3, -0.25) is 4.99 Å². The molecule has 3 nitrogen and oxygen atoms in total. The smallest absolute Gasteiger partial charge is 0.192 e. The van der Waals surface area contributed by atoms with E-state index in [2.05, 4.69) is 64.8 Å². The lowest BCUT2D eigenvalue weighted by molar-refractivity contribution is 0.184. The Labute approximate surface area is 111 Å². The van der Waals surface area contributed by atoms with Gasteiger partial charge in [-0.25, -0.2) is 0 Å². The van der Waals surface area contributed by atoms with E-state index >= 15 is 0 Å². The van der Waals surface area contributed by atoms with Crippen molar-refractivity contribution >= 4 is 21.9 Å². The van der Waals surface area contributed by atoms with E-state index in [1.807, 2.05) is 6.07 Å². The molecule has 0 saturated heterocycles. The van der Waals surface area contributed by atoms with Crippen LogP contribution in [-0.2, 0) is 5.54 Å². The Balaban J connectivity index is 2.47. The summed E-state index contributed by atoms with van der Waals surface area (Å²) in [6.07, 6.45) is 0. The normalized spacial score (nSPS) is 24.3. The van der Waals surface area contributed by atoms with Gasteiger partial charge in [-0.05, 0) is 32.4 Å². The van der Waals surface area contributed by atoms with Gasteiger partial charge in [-0.2, -0.15) is 0 Å². The topological polar surface area (TPSA) is 41.6 Å². The lowest BCUT2D eigenvalue weighted by atomic mass is 9.90. The van der Waals surface area contributed by atoms with Crippen LogP contribution in [0, 0.1) is 0 Å². The Bertz CT molecular complexity index is 456. The molecule has 0 aromatic heterocycles. The molecule has 1 aliphatic rings. The standard InChI is InChI=1S/C13H18BrN3/c1-9(2)17-12(15)16-8-13(17,3)10-6-4-5-7-11(10)14/h4-7,9H,8H2,1-3H3,(H2,15,16). The zero-order valence-electron chi connectivity index (χ0n) is 10.4. The summed E-state index contributed by atoms with van der Waals surface area (Å²) in [4.78, 5) is 6.60. The first-order chi connectivity index (χ1) is 7.97. The van der Waals surface area contributed by atoms with E-state index in [9.17, 15) is 0 Å². The second-order valence-electron chi connectivity index (χ2n) is 4.89. The lowest BCUT2D eigenvalue weighted by Crippen LogP contribution is -2.51. The van der Waals surface area contributed by atoms with Crippen LogP contribution in [0.25, 0.3) is 0 Å². The second kappa shape index (κ2) is 4.33. The van der Waals surface area contributed by atoms with Gasteiger partial charge in [-0.15, -0.1) is 0 Å². The van der Waals surface area contributed by atoms with Gasteiger partial charge in [0, 0.05) is 10.5 Å². The summed E-state index contributed by atoms with van der Waals surface area (Å²) >= 11 is 3.62. The molecule has 0 bridgehead atoms. The van der Waals surface area contributed by atoms with Crippen molar-refractivity contribution in [1.29, 1.82) is 0 Å². The second-order valence-corrected chi connectivity index (χ2v) is 5.75. The maximum atomic E-state index is 6.00. The van der Waals surface area contributed by atoms with E-state index in [0.29, 0.717) is 18.5 Å². The molecule has 1 aromatic rings. The van der Waals surface area contributed by atoms with Crippen molar-refractivity contribution in [3.05, 3.63) is 34.3 Å². The number of hydrogen-bond acceptors (Lipinski definition) is 3. The zero-order chi connectivity index (χ0) is 12.6. The summed E-state index contributed by atoms with van der Waals surface area (Å²) in [7, 11) is 0.